The molecule has 0 radical (unpaired) electrons. The third kappa shape index (κ3) is 5.67. The topological polar surface area (TPSA) is 117 Å². The van der Waals surface area contributed by atoms with Gasteiger partial charge in [0, 0.05) is 48.6 Å². The first kappa shape index (κ1) is 30.8. The van der Waals surface area contributed by atoms with Crippen LogP contribution in [0.15, 0.2) is 78.5 Å². The van der Waals surface area contributed by atoms with Crippen LogP contribution in [0.3, 0.4) is 0 Å². The van der Waals surface area contributed by atoms with Crippen molar-refractivity contribution < 1.29 is 27.6 Å². The van der Waals surface area contributed by atoms with Gasteiger partial charge in [0.25, 0.3) is 17.7 Å². The number of aromatic nitrogens is 4. The summed E-state index contributed by atoms with van der Waals surface area (Å²) < 4.78 is 41.1. The molecule has 2 aliphatic heterocycles. The van der Waals surface area contributed by atoms with Crippen molar-refractivity contribution in [3.05, 3.63) is 101 Å². The number of aryl methyl sites for hydroxylation is 1. The van der Waals surface area contributed by atoms with E-state index in [-0.39, 0.29) is 17.1 Å². The van der Waals surface area contributed by atoms with Crippen LogP contribution < -0.4 is 15.5 Å². The van der Waals surface area contributed by atoms with Gasteiger partial charge in [-0.1, -0.05) is 36.4 Å². The van der Waals surface area contributed by atoms with Gasteiger partial charge in [-0.25, -0.2) is 4.68 Å². The van der Waals surface area contributed by atoms with Crippen LogP contribution in [0.5, 0.6) is 0 Å². The van der Waals surface area contributed by atoms with E-state index in [0.29, 0.717) is 58.9 Å². The maximum absolute atomic E-state index is 14.3. The molecule has 0 saturated carbocycles. The van der Waals surface area contributed by atoms with Crippen LogP contribution in [0.2, 0.25) is 0 Å². The van der Waals surface area contributed by atoms with Crippen molar-refractivity contribution in [1.82, 2.24) is 29.8 Å². The quantitative estimate of drug-likeness (QED) is 0.319. The second kappa shape index (κ2) is 11.9. The second-order valence-electron chi connectivity index (χ2n) is 11.2. The van der Waals surface area contributed by atoms with Crippen molar-refractivity contribution in [2.24, 2.45) is 0 Å². The highest BCUT2D eigenvalue weighted by Gasteiger charge is 2.46. The fourth-order valence-electron chi connectivity index (χ4n) is 5.96. The van der Waals surface area contributed by atoms with Crippen LogP contribution in [0, 0.1) is 6.92 Å². The summed E-state index contributed by atoms with van der Waals surface area (Å²) in [5.74, 6) is -1.97. The summed E-state index contributed by atoms with van der Waals surface area (Å²) in [6.45, 7) is 4.99. The number of benzene rings is 2. The Hall–Kier alpha value is -5.24. The predicted molar refractivity (Wildman–Crippen MR) is 164 cm³/mol. The van der Waals surface area contributed by atoms with Crippen molar-refractivity contribution in [1.29, 1.82) is 0 Å². The first-order valence-electron chi connectivity index (χ1n) is 14.6. The number of fused-ring (bicyclic) bond motifs is 1. The molecule has 2 aromatic carbocycles. The highest BCUT2D eigenvalue weighted by Crippen LogP contribution is 2.44. The molecule has 0 bridgehead atoms. The molecule has 0 unspecified atom stereocenters. The van der Waals surface area contributed by atoms with Gasteiger partial charge in [0.1, 0.15) is 17.6 Å². The maximum atomic E-state index is 14.3. The third-order valence-electron chi connectivity index (χ3n) is 8.08. The minimum absolute atomic E-state index is 0.227. The number of alkyl halides is 3. The van der Waals surface area contributed by atoms with Crippen molar-refractivity contribution >= 4 is 29.2 Å². The largest absolute Gasteiger partial charge is 0.504 e. The Morgan fingerprint density at radius 1 is 1.02 bits per heavy atom. The van der Waals surface area contributed by atoms with Gasteiger partial charge in [-0.2, -0.15) is 14.9 Å². The number of nitrogens with one attached hydrogen (secondary N) is 2. The molecule has 2 atom stereocenters. The van der Waals surface area contributed by atoms with Crippen molar-refractivity contribution in [3.8, 4) is 5.69 Å². The van der Waals surface area contributed by atoms with Crippen molar-refractivity contribution in [2.45, 2.75) is 32.1 Å². The molecular weight excluding hydrogens is 601 g/mol. The first-order valence-corrected chi connectivity index (χ1v) is 14.6. The summed E-state index contributed by atoms with van der Waals surface area (Å²) in [6, 6.07) is 16.0. The molecule has 2 aliphatic rings. The van der Waals surface area contributed by atoms with Gasteiger partial charge in [0.2, 0.25) is 0 Å². The Balaban J connectivity index is 1.44. The number of nitrogens with zero attached hydrogens (tertiary/aromatic N) is 6. The number of halogens is 3. The van der Waals surface area contributed by atoms with Gasteiger partial charge in [-0.3, -0.25) is 24.2 Å². The van der Waals surface area contributed by atoms with E-state index in [1.54, 1.807) is 42.8 Å². The third-order valence-corrected chi connectivity index (χ3v) is 8.08. The lowest BCUT2D eigenvalue weighted by atomic mass is 9.81. The Labute approximate surface area is 262 Å². The van der Waals surface area contributed by atoms with Crippen LogP contribution in [0.1, 0.15) is 40.2 Å². The van der Waals surface area contributed by atoms with E-state index in [1.165, 1.54) is 4.90 Å². The molecule has 6 rings (SSSR count). The van der Waals surface area contributed by atoms with E-state index < -0.39 is 35.8 Å². The molecule has 3 amide bonds. The summed E-state index contributed by atoms with van der Waals surface area (Å²) in [7, 11) is 1.91. The average molecular weight is 633 g/mol. The number of rotatable bonds is 7. The van der Waals surface area contributed by atoms with Gasteiger partial charge in [0.05, 0.1) is 11.4 Å². The smallest absolute Gasteiger partial charge is 0.338 e. The molecule has 0 saturated heterocycles. The fourth-order valence-corrected chi connectivity index (χ4v) is 5.96. The number of carbonyl (C=O) groups excluding carboxylic acids is 3. The summed E-state index contributed by atoms with van der Waals surface area (Å²) in [5, 5.41) is 13.8. The molecule has 238 valence electrons. The molecule has 0 fully saturated rings. The minimum atomic E-state index is -4.81. The molecular formula is C32H31F3N8O3. The SMILES string of the molecule is CCN1C(=O)[C@@H](NC(=O)c2ccn(C(F)(F)F)n2)[C@H](c2cccc(NC(=O)C3=CCN(C)C3)c2)c2c(C)nn(-c3ccccc3)c21. The Morgan fingerprint density at radius 3 is 2.43 bits per heavy atom. The van der Waals surface area contributed by atoms with E-state index in [4.69, 9.17) is 5.10 Å². The van der Waals surface area contributed by atoms with E-state index in [2.05, 4.69) is 15.7 Å². The predicted octanol–water partition coefficient (Wildman–Crippen LogP) is 3.96. The summed E-state index contributed by atoms with van der Waals surface area (Å²) >= 11 is 0. The average Bonchev–Trinajstić information content (AvgIpc) is 3.78. The number of anilines is 2. The highest BCUT2D eigenvalue weighted by atomic mass is 19.4. The standard InChI is InChI=1S/C32H31F3N8O3/c1-4-41-30-25(19(2)38-43(30)23-11-6-5-7-12-23)26(20-9-8-10-22(17-20)36-28(44)21-13-15-40(3)18-21)27(31(41)46)37-29(45)24-14-16-42(39-24)32(33,34)35/h5-14,16-17,26-27H,4,15,18H2,1-3H3,(H,36,44)(H,37,45)/t26-,27+/m1/s1. The highest BCUT2D eigenvalue weighted by molar-refractivity contribution is 6.06. The molecule has 46 heavy (non-hydrogen) atoms. The molecule has 2 aromatic heterocycles. The fraction of sp³-hybridized carbons (Fsp3) is 0.281. The maximum Gasteiger partial charge on any atom is 0.504 e. The van der Waals surface area contributed by atoms with Crippen LogP contribution in [0.25, 0.3) is 5.69 Å². The molecule has 4 heterocycles. The van der Waals surface area contributed by atoms with Crippen LogP contribution >= 0.6 is 0 Å². The number of likely N-dealkylation sites (N-methyl/N-ethyl adjacent to an activating group) is 2. The monoisotopic (exact) mass is 632 g/mol. The minimum Gasteiger partial charge on any atom is -0.338 e. The van der Waals surface area contributed by atoms with Gasteiger partial charge < -0.3 is 10.6 Å². The lowest BCUT2D eigenvalue weighted by Gasteiger charge is -2.38. The number of para-hydroxylation sites is 1. The Morgan fingerprint density at radius 2 is 1.78 bits per heavy atom. The van der Waals surface area contributed by atoms with E-state index in [9.17, 15) is 27.6 Å². The summed E-state index contributed by atoms with van der Waals surface area (Å²) in [6.07, 6.45) is -2.31. The first-order chi connectivity index (χ1) is 22.0. The van der Waals surface area contributed by atoms with Crippen molar-refractivity contribution in [3.63, 3.8) is 0 Å². The second-order valence-corrected chi connectivity index (χ2v) is 11.2. The molecule has 14 heteroatoms. The van der Waals surface area contributed by atoms with Crippen LogP contribution in [-0.2, 0) is 15.9 Å². The van der Waals surface area contributed by atoms with Crippen molar-refractivity contribution in [2.75, 3.05) is 36.9 Å². The van der Waals surface area contributed by atoms with Crippen LogP contribution in [0.4, 0.5) is 24.7 Å². The Bertz CT molecular complexity index is 1850. The van der Waals surface area contributed by atoms with Crippen LogP contribution in [-0.4, -0.2) is 74.9 Å². The number of hydrogen-bond donors (Lipinski definition) is 2. The molecule has 0 spiro atoms. The van der Waals surface area contributed by atoms with E-state index in [0.717, 1.165) is 6.07 Å². The Kier molecular flexibility index (Phi) is 7.98. The van der Waals surface area contributed by atoms with Gasteiger partial charge in [-0.05, 0) is 56.8 Å². The van der Waals surface area contributed by atoms with Gasteiger partial charge in [-0.15, -0.1) is 13.2 Å². The molecule has 2 N–H and O–H groups in total. The summed E-state index contributed by atoms with van der Waals surface area (Å²) in [4.78, 5) is 44.2. The van der Waals surface area contributed by atoms with E-state index in [1.807, 2.05) is 48.4 Å². The van der Waals surface area contributed by atoms with Gasteiger partial charge >= 0.3 is 6.30 Å². The summed E-state index contributed by atoms with van der Waals surface area (Å²) in [5.41, 5.74) is 3.15. The number of hydrogen-bond acceptors (Lipinski definition) is 6. The zero-order valence-corrected chi connectivity index (χ0v) is 25.2. The molecule has 4 aromatic rings. The lowest BCUT2D eigenvalue weighted by molar-refractivity contribution is -0.212. The normalized spacial score (nSPS) is 18.3. The lowest BCUT2D eigenvalue weighted by Crippen LogP contribution is -2.55. The zero-order valence-electron chi connectivity index (χ0n) is 25.2. The van der Waals surface area contributed by atoms with E-state index >= 15 is 0 Å². The number of carbonyl (C=O) groups is 3. The molecule has 0 aliphatic carbocycles. The number of amides is 3. The van der Waals surface area contributed by atoms with Gasteiger partial charge in [0.15, 0.2) is 0 Å². The zero-order chi connectivity index (χ0) is 32.7. The molecule has 11 nitrogen and oxygen atoms in total.